The summed E-state index contributed by atoms with van der Waals surface area (Å²) in [5.41, 5.74) is 3.62. The quantitative estimate of drug-likeness (QED) is 0.768. The molecule has 0 bridgehead atoms. The van der Waals surface area contributed by atoms with Crippen molar-refractivity contribution in [2.75, 3.05) is 28.3 Å². The molecule has 0 aliphatic carbocycles. The summed E-state index contributed by atoms with van der Waals surface area (Å²) in [5, 5.41) is 0. The lowest BCUT2D eigenvalue weighted by molar-refractivity contribution is 0.112. The molecule has 0 atom stereocenters. The summed E-state index contributed by atoms with van der Waals surface area (Å²) < 4.78 is 10.8. The minimum absolute atomic E-state index is 0.555. The first-order chi connectivity index (χ1) is 10.6. The van der Waals surface area contributed by atoms with Crippen LogP contribution in [0.4, 0.5) is 0 Å². The number of methoxy groups -OCH3 is 2. The predicted molar refractivity (Wildman–Crippen MR) is 87.8 cm³/mol. The van der Waals surface area contributed by atoms with E-state index in [2.05, 4.69) is 17.0 Å². The molecule has 0 heterocycles. The minimum atomic E-state index is 0.555. The van der Waals surface area contributed by atoms with E-state index in [1.165, 1.54) is 5.56 Å². The monoisotopic (exact) mass is 299 g/mol. The van der Waals surface area contributed by atoms with Crippen LogP contribution in [0.25, 0.3) is 11.1 Å². The first-order valence-electron chi connectivity index (χ1n) is 7.04. The second kappa shape index (κ2) is 7.09. The van der Waals surface area contributed by atoms with Gasteiger partial charge in [0, 0.05) is 17.7 Å². The number of carbonyl (C=O) groups is 1. The predicted octanol–water partition coefficient (Wildman–Crippen LogP) is 3.24. The summed E-state index contributed by atoms with van der Waals surface area (Å²) >= 11 is 0. The number of hydrogen-bond donors (Lipinski definition) is 0. The first kappa shape index (κ1) is 16.0. The second-order valence-electron chi connectivity index (χ2n) is 5.36. The van der Waals surface area contributed by atoms with Crippen LogP contribution in [0.5, 0.6) is 11.5 Å². The largest absolute Gasteiger partial charge is 0.493 e. The number of ether oxygens (including phenoxy) is 2. The summed E-state index contributed by atoms with van der Waals surface area (Å²) in [6.45, 7) is 0.884. The topological polar surface area (TPSA) is 38.8 Å². The zero-order valence-corrected chi connectivity index (χ0v) is 13.4. The Labute approximate surface area is 131 Å². The Morgan fingerprint density at radius 2 is 1.73 bits per heavy atom. The van der Waals surface area contributed by atoms with Crippen molar-refractivity contribution in [1.29, 1.82) is 0 Å². The van der Waals surface area contributed by atoms with Crippen molar-refractivity contribution in [2.24, 2.45) is 0 Å². The van der Waals surface area contributed by atoms with Crippen LogP contribution < -0.4 is 9.47 Å². The van der Waals surface area contributed by atoms with Gasteiger partial charge in [0.25, 0.3) is 0 Å². The highest BCUT2D eigenvalue weighted by Gasteiger charge is 2.14. The minimum Gasteiger partial charge on any atom is -0.493 e. The Bertz CT molecular complexity index is 648. The second-order valence-corrected chi connectivity index (χ2v) is 5.36. The van der Waals surface area contributed by atoms with E-state index in [0.717, 1.165) is 24.0 Å². The van der Waals surface area contributed by atoms with E-state index < -0.39 is 0 Å². The number of carbonyl (C=O) groups excluding carboxylic acids is 1. The third-order valence-electron chi connectivity index (χ3n) is 3.40. The molecular weight excluding hydrogens is 278 g/mol. The van der Waals surface area contributed by atoms with Crippen molar-refractivity contribution in [1.82, 2.24) is 4.90 Å². The van der Waals surface area contributed by atoms with Crippen LogP contribution in [-0.4, -0.2) is 39.5 Å². The lowest BCUT2D eigenvalue weighted by Crippen LogP contribution is -2.10. The third kappa shape index (κ3) is 3.46. The van der Waals surface area contributed by atoms with Gasteiger partial charge < -0.3 is 14.4 Å². The Morgan fingerprint density at radius 1 is 1.05 bits per heavy atom. The molecular formula is C18H21NO3. The number of nitrogens with zero attached hydrogens (tertiary/aromatic N) is 1. The molecule has 22 heavy (non-hydrogen) atoms. The van der Waals surface area contributed by atoms with Crippen molar-refractivity contribution >= 4 is 6.29 Å². The highest BCUT2D eigenvalue weighted by Crippen LogP contribution is 2.39. The third-order valence-corrected chi connectivity index (χ3v) is 3.40. The van der Waals surface area contributed by atoms with Gasteiger partial charge in [-0.2, -0.15) is 0 Å². The van der Waals surface area contributed by atoms with Crippen molar-refractivity contribution in [2.45, 2.75) is 6.54 Å². The smallest absolute Gasteiger partial charge is 0.168 e. The molecule has 0 saturated heterocycles. The average Bonchev–Trinajstić information content (AvgIpc) is 2.53. The molecule has 2 rings (SSSR count). The van der Waals surface area contributed by atoms with Gasteiger partial charge in [-0.25, -0.2) is 0 Å². The Kier molecular flexibility index (Phi) is 5.17. The van der Waals surface area contributed by atoms with Gasteiger partial charge in [0.2, 0.25) is 0 Å². The van der Waals surface area contributed by atoms with Gasteiger partial charge in [0.15, 0.2) is 11.5 Å². The standard InChI is InChI=1S/C18H21NO3/c1-19(2)11-13-5-7-15(8-6-13)16-9-14(12-20)10-17(21-3)18(16)22-4/h5-10,12H,11H2,1-4H3. The Hall–Kier alpha value is -2.33. The molecule has 0 aliphatic rings. The maximum absolute atomic E-state index is 11.1. The SMILES string of the molecule is COc1cc(C=O)cc(-c2ccc(CN(C)C)cc2)c1OC. The zero-order chi connectivity index (χ0) is 16.1. The molecule has 0 spiro atoms. The molecule has 0 radical (unpaired) electrons. The summed E-state index contributed by atoms with van der Waals surface area (Å²) in [4.78, 5) is 13.2. The summed E-state index contributed by atoms with van der Waals surface area (Å²) in [6.07, 6.45) is 0.811. The van der Waals surface area contributed by atoms with E-state index >= 15 is 0 Å². The fourth-order valence-electron chi connectivity index (χ4n) is 2.42. The van der Waals surface area contributed by atoms with E-state index in [1.807, 2.05) is 32.3 Å². The maximum Gasteiger partial charge on any atom is 0.168 e. The molecule has 0 fully saturated rings. The number of hydrogen-bond acceptors (Lipinski definition) is 4. The maximum atomic E-state index is 11.1. The molecule has 116 valence electrons. The van der Waals surface area contributed by atoms with Crippen molar-refractivity contribution in [3.8, 4) is 22.6 Å². The fourth-order valence-corrected chi connectivity index (χ4v) is 2.42. The van der Waals surface area contributed by atoms with E-state index in [4.69, 9.17) is 9.47 Å². The van der Waals surface area contributed by atoms with Gasteiger partial charge >= 0.3 is 0 Å². The van der Waals surface area contributed by atoms with E-state index in [1.54, 1.807) is 20.3 Å². The Morgan fingerprint density at radius 3 is 2.23 bits per heavy atom. The van der Waals surface area contributed by atoms with Crippen LogP contribution >= 0.6 is 0 Å². The number of benzene rings is 2. The van der Waals surface area contributed by atoms with Gasteiger partial charge in [0.05, 0.1) is 14.2 Å². The molecule has 4 heteroatoms. The fraction of sp³-hybridized carbons (Fsp3) is 0.278. The molecule has 0 unspecified atom stereocenters. The summed E-state index contributed by atoms with van der Waals surface area (Å²) in [6, 6.07) is 11.7. The van der Waals surface area contributed by atoms with Gasteiger partial charge in [-0.15, -0.1) is 0 Å². The van der Waals surface area contributed by atoms with Crippen molar-refractivity contribution in [3.63, 3.8) is 0 Å². The van der Waals surface area contributed by atoms with Crippen molar-refractivity contribution < 1.29 is 14.3 Å². The highest BCUT2D eigenvalue weighted by atomic mass is 16.5. The van der Waals surface area contributed by atoms with E-state index in [-0.39, 0.29) is 0 Å². The zero-order valence-electron chi connectivity index (χ0n) is 13.4. The van der Waals surface area contributed by atoms with E-state index in [0.29, 0.717) is 17.1 Å². The number of aldehydes is 1. The average molecular weight is 299 g/mol. The lowest BCUT2D eigenvalue weighted by atomic mass is 10.00. The molecule has 0 N–H and O–H groups in total. The van der Waals surface area contributed by atoms with Crippen LogP contribution in [0.3, 0.4) is 0 Å². The molecule has 2 aromatic rings. The summed E-state index contributed by atoms with van der Waals surface area (Å²) in [5.74, 6) is 1.19. The normalized spacial score (nSPS) is 10.6. The van der Waals surface area contributed by atoms with Crippen LogP contribution in [0.15, 0.2) is 36.4 Å². The highest BCUT2D eigenvalue weighted by molar-refractivity contribution is 5.84. The van der Waals surface area contributed by atoms with Gasteiger partial charge in [-0.3, -0.25) is 4.79 Å². The molecule has 2 aromatic carbocycles. The van der Waals surface area contributed by atoms with Gasteiger partial charge in [-0.1, -0.05) is 24.3 Å². The van der Waals surface area contributed by atoms with Crippen LogP contribution in [-0.2, 0) is 6.54 Å². The molecule has 0 amide bonds. The lowest BCUT2D eigenvalue weighted by Gasteiger charge is -2.15. The van der Waals surface area contributed by atoms with E-state index in [9.17, 15) is 4.79 Å². The van der Waals surface area contributed by atoms with Gasteiger partial charge in [0.1, 0.15) is 6.29 Å². The molecule has 4 nitrogen and oxygen atoms in total. The van der Waals surface area contributed by atoms with Crippen LogP contribution in [0, 0.1) is 0 Å². The van der Waals surface area contributed by atoms with Crippen molar-refractivity contribution in [3.05, 3.63) is 47.5 Å². The molecule has 0 aliphatic heterocycles. The Balaban J connectivity index is 2.48. The molecule has 0 saturated carbocycles. The van der Waals surface area contributed by atoms with Crippen LogP contribution in [0.2, 0.25) is 0 Å². The van der Waals surface area contributed by atoms with Crippen LogP contribution in [0.1, 0.15) is 15.9 Å². The van der Waals surface area contributed by atoms with Gasteiger partial charge in [-0.05, 0) is 37.4 Å². The number of rotatable bonds is 6. The summed E-state index contributed by atoms with van der Waals surface area (Å²) in [7, 11) is 7.24. The first-order valence-corrected chi connectivity index (χ1v) is 7.04. The molecule has 0 aromatic heterocycles.